The monoisotopic (exact) mass is 356 g/mol. The molecule has 0 aromatic rings. The van der Waals surface area contributed by atoms with Gasteiger partial charge in [0.1, 0.15) is 0 Å². The highest BCUT2D eigenvalue weighted by molar-refractivity contribution is 5.85. The van der Waals surface area contributed by atoms with Crippen LogP contribution in [0.15, 0.2) is 12.2 Å². The van der Waals surface area contributed by atoms with Gasteiger partial charge in [0.05, 0.1) is 23.2 Å². The predicted octanol–water partition coefficient (Wildman–Crippen LogP) is 2.09. The van der Waals surface area contributed by atoms with Gasteiger partial charge in [-0.15, -0.1) is 0 Å². The quantitative estimate of drug-likeness (QED) is 0.559. The topological polar surface area (TPSA) is 149 Å². The summed E-state index contributed by atoms with van der Waals surface area (Å²) in [5, 5.41) is 35.1. The van der Waals surface area contributed by atoms with Gasteiger partial charge in [-0.3, -0.25) is 19.2 Å². The van der Waals surface area contributed by atoms with Crippen molar-refractivity contribution in [2.75, 3.05) is 0 Å². The smallest absolute Gasteiger partial charge is 0.314 e. The second kappa shape index (κ2) is 8.64. The maximum atomic E-state index is 10.9. The fourth-order valence-corrected chi connectivity index (χ4v) is 3.33. The number of hydrogen-bond acceptors (Lipinski definition) is 4. The first-order chi connectivity index (χ1) is 11.6. The van der Waals surface area contributed by atoms with Gasteiger partial charge in [0.2, 0.25) is 0 Å². The van der Waals surface area contributed by atoms with Crippen LogP contribution in [0.3, 0.4) is 0 Å². The lowest BCUT2D eigenvalue weighted by Crippen LogP contribution is -2.40. The largest absolute Gasteiger partial charge is 0.481 e. The van der Waals surface area contributed by atoms with Crippen LogP contribution >= 0.6 is 0 Å². The molecular formula is C17H24O8. The van der Waals surface area contributed by atoms with Gasteiger partial charge in [0.15, 0.2) is 0 Å². The molecule has 140 valence electrons. The van der Waals surface area contributed by atoms with Crippen molar-refractivity contribution in [2.24, 2.45) is 23.2 Å². The molecule has 4 N–H and O–H groups in total. The summed E-state index contributed by atoms with van der Waals surface area (Å²) in [6.07, 6.45) is 6.93. The number of rotatable bonds is 4. The third-order valence-electron chi connectivity index (χ3n) is 4.97. The lowest BCUT2D eigenvalue weighted by Gasteiger charge is -2.30. The van der Waals surface area contributed by atoms with E-state index in [1.807, 2.05) is 0 Å². The lowest BCUT2D eigenvalue weighted by molar-refractivity contribution is -0.158. The highest BCUT2D eigenvalue weighted by Crippen LogP contribution is 2.36. The molecule has 0 radical (unpaired) electrons. The van der Waals surface area contributed by atoms with E-state index >= 15 is 0 Å². The Hall–Kier alpha value is -2.38. The van der Waals surface area contributed by atoms with Crippen molar-refractivity contribution in [2.45, 2.75) is 45.4 Å². The summed E-state index contributed by atoms with van der Waals surface area (Å²) in [6, 6.07) is 0. The minimum atomic E-state index is -1.25. The van der Waals surface area contributed by atoms with Gasteiger partial charge in [0, 0.05) is 0 Å². The van der Waals surface area contributed by atoms with E-state index < -0.39 is 47.0 Å². The molecule has 25 heavy (non-hydrogen) atoms. The molecule has 0 saturated heterocycles. The van der Waals surface area contributed by atoms with Crippen LogP contribution in [0.4, 0.5) is 0 Å². The van der Waals surface area contributed by atoms with Crippen molar-refractivity contribution >= 4 is 23.9 Å². The van der Waals surface area contributed by atoms with E-state index in [1.54, 1.807) is 6.08 Å². The molecule has 0 spiro atoms. The van der Waals surface area contributed by atoms with Gasteiger partial charge in [-0.1, -0.05) is 25.0 Å². The second-order valence-electron chi connectivity index (χ2n) is 6.63. The van der Waals surface area contributed by atoms with Crippen LogP contribution in [0.5, 0.6) is 0 Å². The van der Waals surface area contributed by atoms with Crippen LogP contribution in [0, 0.1) is 23.2 Å². The van der Waals surface area contributed by atoms with E-state index in [1.165, 1.54) is 13.0 Å². The van der Waals surface area contributed by atoms with Gasteiger partial charge in [-0.2, -0.15) is 0 Å². The molecule has 0 aliphatic heterocycles. The lowest BCUT2D eigenvalue weighted by atomic mass is 9.71. The molecule has 0 aromatic heterocycles. The summed E-state index contributed by atoms with van der Waals surface area (Å²) < 4.78 is 0. The van der Waals surface area contributed by atoms with Gasteiger partial charge in [-0.05, 0) is 32.6 Å². The zero-order valence-electron chi connectivity index (χ0n) is 14.1. The molecule has 8 heteroatoms. The van der Waals surface area contributed by atoms with Crippen LogP contribution in [-0.4, -0.2) is 44.3 Å². The Labute approximate surface area is 145 Å². The fourth-order valence-electron chi connectivity index (χ4n) is 3.33. The van der Waals surface area contributed by atoms with Gasteiger partial charge < -0.3 is 20.4 Å². The number of carboxylic acid groups (broad SMARTS) is 4. The molecule has 1 saturated carbocycles. The van der Waals surface area contributed by atoms with E-state index in [0.717, 1.165) is 12.8 Å². The highest BCUT2D eigenvalue weighted by Gasteiger charge is 2.44. The van der Waals surface area contributed by atoms with Crippen molar-refractivity contribution < 1.29 is 39.6 Å². The highest BCUT2D eigenvalue weighted by atomic mass is 16.4. The number of hydrogen-bond donors (Lipinski definition) is 4. The standard InChI is InChI=1S/C9H12O4.C8H12O4/c1-9(8(12)13)5-3-2-4-6(9)7(10)11;9-7(10)5-3-1-2-4-6(5)8(11)12/h3,5-6H,2,4H2,1H3,(H,10,11)(H,12,13);5-6H,1-4H2,(H,9,10)(H,11,12). The maximum Gasteiger partial charge on any atom is 0.314 e. The van der Waals surface area contributed by atoms with E-state index in [2.05, 4.69) is 0 Å². The van der Waals surface area contributed by atoms with Crippen molar-refractivity contribution in [1.29, 1.82) is 0 Å². The van der Waals surface area contributed by atoms with Crippen molar-refractivity contribution in [3.05, 3.63) is 12.2 Å². The molecule has 2 aliphatic carbocycles. The van der Waals surface area contributed by atoms with E-state index in [4.69, 9.17) is 20.4 Å². The molecule has 0 aromatic carbocycles. The molecular weight excluding hydrogens is 332 g/mol. The summed E-state index contributed by atoms with van der Waals surface area (Å²) in [5.41, 5.74) is -1.25. The normalized spacial score (nSPS) is 31.3. The Balaban J connectivity index is 0.000000251. The summed E-state index contributed by atoms with van der Waals surface area (Å²) in [6.45, 7) is 1.45. The Bertz CT molecular complexity index is 545. The number of carbonyl (C=O) groups is 4. The van der Waals surface area contributed by atoms with Crippen LogP contribution < -0.4 is 0 Å². The Morgan fingerprint density at radius 2 is 1.32 bits per heavy atom. The number of allylic oxidation sites excluding steroid dienone is 1. The number of carboxylic acids is 4. The SMILES string of the molecule is CC1(C(=O)O)C=CCCC1C(=O)O.O=C(O)C1CCCCC1C(=O)O. The van der Waals surface area contributed by atoms with E-state index in [0.29, 0.717) is 25.7 Å². The van der Waals surface area contributed by atoms with Crippen LogP contribution in [0.1, 0.15) is 45.4 Å². The number of aliphatic carboxylic acids is 4. The molecule has 2 rings (SSSR count). The Morgan fingerprint density at radius 1 is 0.840 bits per heavy atom. The molecule has 8 nitrogen and oxygen atoms in total. The van der Waals surface area contributed by atoms with E-state index in [9.17, 15) is 19.2 Å². The predicted molar refractivity (Wildman–Crippen MR) is 86.0 cm³/mol. The second-order valence-corrected chi connectivity index (χ2v) is 6.63. The molecule has 1 fully saturated rings. The third-order valence-corrected chi connectivity index (χ3v) is 4.97. The first kappa shape index (κ1) is 20.7. The molecule has 0 amide bonds. The summed E-state index contributed by atoms with van der Waals surface area (Å²) in [5.74, 6) is -6.20. The minimum Gasteiger partial charge on any atom is -0.481 e. The third kappa shape index (κ3) is 5.04. The minimum absolute atomic E-state index is 0.397. The van der Waals surface area contributed by atoms with Crippen molar-refractivity contribution in [1.82, 2.24) is 0 Å². The van der Waals surface area contributed by atoms with Gasteiger partial charge in [0.25, 0.3) is 0 Å². The van der Waals surface area contributed by atoms with Gasteiger partial charge in [-0.25, -0.2) is 0 Å². The molecule has 2 aliphatic rings. The Morgan fingerprint density at radius 3 is 1.64 bits per heavy atom. The molecule has 0 bridgehead atoms. The van der Waals surface area contributed by atoms with Crippen LogP contribution in [0.2, 0.25) is 0 Å². The fraction of sp³-hybridized carbons (Fsp3) is 0.647. The van der Waals surface area contributed by atoms with Gasteiger partial charge >= 0.3 is 23.9 Å². The summed E-state index contributed by atoms with van der Waals surface area (Å²) in [4.78, 5) is 42.9. The summed E-state index contributed by atoms with van der Waals surface area (Å²) >= 11 is 0. The zero-order chi connectivity index (χ0) is 19.2. The maximum absolute atomic E-state index is 10.9. The first-order valence-electron chi connectivity index (χ1n) is 8.20. The molecule has 4 atom stereocenters. The average molecular weight is 356 g/mol. The summed E-state index contributed by atoms with van der Waals surface area (Å²) in [7, 11) is 0. The van der Waals surface area contributed by atoms with Crippen molar-refractivity contribution in [3.63, 3.8) is 0 Å². The van der Waals surface area contributed by atoms with Crippen LogP contribution in [-0.2, 0) is 19.2 Å². The average Bonchev–Trinajstić information content (AvgIpc) is 2.55. The first-order valence-corrected chi connectivity index (χ1v) is 8.20. The van der Waals surface area contributed by atoms with Crippen LogP contribution in [0.25, 0.3) is 0 Å². The zero-order valence-corrected chi connectivity index (χ0v) is 14.1. The molecule has 4 unspecified atom stereocenters. The van der Waals surface area contributed by atoms with Crippen molar-refractivity contribution in [3.8, 4) is 0 Å². The van der Waals surface area contributed by atoms with E-state index in [-0.39, 0.29) is 0 Å². The molecule has 0 heterocycles. The Kier molecular flexibility index (Phi) is 7.14.